The predicted molar refractivity (Wildman–Crippen MR) is 129 cm³/mol. The van der Waals surface area contributed by atoms with Crippen molar-refractivity contribution in [3.63, 3.8) is 0 Å². The number of anilines is 1. The maximum absolute atomic E-state index is 12.4. The van der Waals surface area contributed by atoms with Gasteiger partial charge in [-0.2, -0.15) is 5.26 Å². The second-order valence-electron chi connectivity index (χ2n) is 7.19. The van der Waals surface area contributed by atoms with Crippen molar-refractivity contribution in [2.45, 2.75) is 13.0 Å². The number of carbonyl (C=O) groups is 2. The van der Waals surface area contributed by atoms with Crippen LogP contribution in [-0.4, -0.2) is 18.4 Å². The highest BCUT2D eigenvalue weighted by Gasteiger charge is 2.11. The lowest BCUT2D eigenvalue weighted by Crippen LogP contribution is -2.31. The normalized spacial score (nSPS) is 11.7. The Morgan fingerprint density at radius 3 is 2.33 bits per heavy atom. The molecule has 0 aliphatic rings. The fourth-order valence-corrected chi connectivity index (χ4v) is 3.09. The number of ether oxygens (including phenoxy) is 1. The van der Waals surface area contributed by atoms with Gasteiger partial charge in [0.15, 0.2) is 6.61 Å². The number of halogens is 1. The van der Waals surface area contributed by atoms with Crippen molar-refractivity contribution in [3.05, 3.63) is 101 Å². The third kappa shape index (κ3) is 7.23. The fraction of sp³-hybridized carbons (Fsp3) is 0.115. The van der Waals surface area contributed by atoms with Crippen molar-refractivity contribution in [2.24, 2.45) is 0 Å². The van der Waals surface area contributed by atoms with Crippen LogP contribution in [0.5, 0.6) is 5.75 Å². The summed E-state index contributed by atoms with van der Waals surface area (Å²) in [7, 11) is 0. The van der Waals surface area contributed by atoms with Gasteiger partial charge in [0.25, 0.3) is 11.8 Å². The smallest absolute Gasteiger partial charge is 0.266 e. The first-order valence-corrected chi connectivity index (χ1v) is 10.6. The molecule has 0 spiro atoms. The third-order valence-electron chi connectivity index (χ3n) is 4.71. The quantitative estimate of drug-likeness (QED) is 0.360. The van der Waals surface area contributed by atoms with E-state index >= 15 is 0 Å². The number of carbonyl (C=O) groups excluding carboxylic acids is 2. The molecule has 2 N–H and O–H groups in total. The third-order valence-corrected chi connectivity index (χ3v) is 4.96. The molecule has 0 saturated carbocycles. The van der Waals surface area contributed by atoms with Crippen LogP contribution in [0.15, 0.2) is 84.4 Å². The topological polar surface area (TPSA) is 91.2 Å². The Morgan fingerprint density at radius 1 is 1.03 bits per heavy atom. The minimum absolute atomic E-state index is 0.0482. The molecule has 0 saturated heterocycles. The molecule has 3 aromatic carbocycles. The molecule has 7 heteroatoms. The average molecular weight is 460 g/mol. The van der Waals surface area contributed by atoms with Crippen LogP contribution < -0.4 is 15.4 Å². The van der Waals surface area contributed by atoms with E-state index in [9.17, 15) is 14.9 Å². The highest BCUT2D eigenvalue weighted by atomic mass is 35.5. The number of nitrogens with zero attached hydrogens (tertiary/aromatic N) is 1. The molecule has 2 amide bonds. The molecule has 0 bridgehead atoms. The van der Waals surface area contributed by atoms with E-state index in [0.717, 1.165) is 5.56 Å². The zero-order chi connectivity index (χ0) is 23.6. The zero-order valence-electron chi connectivity index (χ0n) is 17.9. The summed E-state index contributed by atoms with van der Waals surface area (Å²) >= 11 is 5.84. The van der Waals surface area contributed by atoms with E-state index in [1.807, 2.05) is 43.3 Å². The van der Waals surface area contributed by atoms with Gasteiger partial charge in [-0.3, -0.25) is 9.59 Å². The van der Waals surface area contributed by atoms with Gasteiger partial charge in [-0.05, 0) is 60.5 Å². The molecule has 33 heavy (non-hydrogen) atoms. The van der Waals surface area contributed by atoms with Crippen LogP contribution in [0.2, 0.25) is 5.02 Å². The van der Waals surface area contributed by atoms with Crippen molar-refractivity contribution < 1.29 is 14.3 Å². The molecule has 0 heterocycles. The number of hydrogen-bond donors (Lipinski definition) is 2. The van der Waals surface area contributed by atoms with E-state index in [-0.39, 0.29) is 24.1 Å². The van der Waals surface area contributed by atoms with Crippen molar-refractivity contribution in [1.29, 1.82) is 5.26 Å². The van der Waals surface area contributed by atoms with Crippen LogP contribution in [0.4, 0.5) is 5.69 Å². The van der Waals surface area contributed by atoms with E-state index in [0.29, 0.717) is 22.0 Å². The van der Waals surface area contributed by atoms with Gasteiger partial charge in [0, 0.05) is 10.7 Å². The molecule has 0 aliphatic carbocycles. The standard InChI is InChI=1S/C26H22ClN3O3/c1-18(20-5-3-2-4-6-20)29-25(31)17-33-24-13-7-19(8-14-24)15-21(16-28)26(32)30-23-11-9-22(27)10-12-23/h2-15,18H,17H2,1H3,(H,29,31)(H,30,32)/b21-15+/t18-/m0/s1. The summed E-state index contributed by atoms with van der Waals surface area (Å²) in [4.78, 5) is 24.5. The van der Waals surface area contributed by atoms with Crippen molar-refractivity contribution in [3.8, 4) is 11.8 Å². The Morgan fingerprint density at radius 2 is 1.70 bits per heavy atom. The maximum Gasteiger partial charge on any atom is 0.266 e. The van der Waals surface area contributed by atoms with Crippen LogP contribution in [0.1, 0.15) is 24.1 Å². The lowest BCUT2D eigenvalue weighted by Gasteiger charge is -2.14. The second kappa shape index (κ2) is 11.5. The monoisotopic (exact) mass is 459 g/mol. The van der Waals surface area contributed by atoms with Crippen LogP contribution >= 0.6 is 11.6 Å². The first-order valence-electron chi connectivity index (χ1n) is 10.2. The summed E-state index contributed by atoms with van der Waals surface area (Å²) in [5.74, 6) is -0.260. The SMILES string of the molecule is C[C@H](NC(=O)COc1ccc(/C=C(\C#N)C(=O)Nc2ccc(Cl)cc2)cc1)c1ccccc1. The fourth-order valence-electron chi connectivity index (χ4n) is 2.96. The minimum Gasteiger partial charge on any atom is -0.484 e. The molecule has 0 aliphatic heterocycles. The summed E-state index contributed by atoms with van der Waals surface area (Å²) in [5.41, 5.74) is 2.14. The summed E-state index contributed by atoms with van der Waals surface area (Å²) < 4.78 is 5.54. The second-order valence-corrected chi connectivity index (χ2v) is 7.62. The molecular weight excluding hydrogens is 438 g/mol. The number of hydrogen-bond acceptors (Lipinski definition) is 4. The molecule has 1 atom stereocenters. The summed E-state index contributed by atoms with van der Waals surface area (Å²) in [6, 6.07) is 24.8. The van der Waals surface area contributed by atoms with Gasteiger partial charge >= 0.3 is 0 Å². The Hall–Kier alpha value is -4.08. The lowest BCUT2D eigenvalue weighted by atomic mass is 10.1. The molecule has 6 nitrogen and oxygen atoms in total. The predicted octanol–water partition coefficient (Wildman–Crippen LogP) is 5.14. The van der Waals surface area contributed by atoms with Gasteiger partial charge in [-0.1, -0.05) is 54.1 Å². The largest absolute Gasteiger partial charge is 0.484 e. The lowest BCUT2D eigenvalue weighted by molar-refractivity contribution is -0.123. The van der Waals surface area contributed by atoms with Crippen molar-refractivity contribution in [2.75, 3.05) is 11.9 Å². The number of nitrogens with one attached hydrogen (secondary N) is 2. The number of benzene rings is 3. The molecule has 3 aromatic rings. The minimum atomic E-state index is -0.524. The molecule has 0 fully saturated rings. The van der Waals surface area contributed by atoms with Crippen LogP contribution in [0, 0.1) is 11.3 Å². The first-order chi connectivity index (χ1) is 15.9. The number of rotatable bonds is 8. The molecule has 3 rings (SSSR count). The van der Waals surface area contributed by atoms with Gasteiger partial charge < -0.3 is 15.4 Å². The number of amides is 2. The van der Waals surface area contributed by atoms with E-state index in [1.54, 1.807) is 48.5 Å². The van der Waals surface area contributed by atoms with Gasteiger partial charge in [0.2, 0.25) is 0 Å². The Labute approximate surface area is 197 Å². The molecular formula is C26H22ClN3O3. The summed E-state index contributed by atoms with van der Waals surface area (Å²) in [6.07, 6.45) is 1.48. The Kier molecular flexibility index (Phi) is 8.23. The molecule has 0 unspecified atom stereocenters. The molecule has 0 radical (unpaired) electrons. The van der Waals surface area contributed by atoms with Crippen molar-refractivity contribution >= 4 is 35.2 Å². The van der Waals surface area contributed by atoms with E-state index in [4.69, 9.17) is 16.3 Å². The average Bonchev–Trinajstić information content (AvgIpc) is 2.83. The van der Waals surface area contributed by atoms with Crippen LogP contribution in [-0.2, 0) is 9.59 Å². The first kappa shape index (κ1) is 23.6. The van der Waals surface area contributed by atoms with Crippen molar-refractivity contribution in [1.82, 2.24) is 5.32 Å². The van der Waals surface area contributed by atoms with E-state index in [2.05, 4.69) is 10.6 Å². The van der Waals surface area contributed by atoms with E-state index < -0.39 is 5.91 Å². The summed E-state index contributed by atoms with van der Waals surface area (Å²) in [5, 5.41) is 15.5. The van der Waals surface area contributed by atoms with E-state index in [1.165, 1.54) is 6.08 Å². The highest BCUT2D eigenvalue weighted by molar-refractivity contribution is 6.30. The maximum atomic E-state index is 12.4. The molecule has 166 valence electrons. The van der Waals surface area contributed by atoms with Crippen LogP contribution in [0.25, 0.3) is 6.08 Å². The Balaban J connectivity index is 1.54. The zero-order valence-corrected chi connectivity index (χ0v) is 18.7. The Bertz CT molecular complexity index is 1170. The van der Waals surface area contributed by atoms with Gasteiger partial charge in [-0.15, -0.1) is 0 Å². The summed E-state index contributed by atoms with van der Waals surface area (Å²) in [6.45, 7) is 1.78. The molecule has 0 aromatic heterocycles. The van der Waals surface area contributed by atoms with Gasteiger partial charge in [0.05, 0.1) is 6.04 Å². The number of nitriles is 1. The van der Waals surface area contributed by atoms with Gasteiger partial charge in [-0.25, -0.2) is 0 Å². The van der Waals surface area contributed by atoms with Crippen LogP contribution in [0.3, 0.4) is 0 Å². The van der Waals surface area contributed by atoms with Gasteiger partial charge in [0.1, 0.15) is 17.4 Å². The highest BCUT2D eigenvalue weighted by Crippen LogP contribution is 2.17.